The van der Waals surface area contributed by atoms with E-state index in [0.29, 0.717) is 0 Å². The number of piperidine rings is 1. The monoisotopic (exact) mass is 449 g/mol. The van der Waals surface area contributed by atoms with Gasteiger partial charge in [0.15, 0.2) is 0 Å². The summed E-state index contributed by atoms with van der Waals surface area (Å²) in [6, 6.07) is 29.8. The van der Waals surface area contributed by atoms with Crippen molar-refractivity contribution in [1.29, 1.82) is 0 Å². The third-order valence-corrected chi connectivity index (χ3v) is 6.62. The van der Waals surface area contributed by atoms with Crippen LogP contribution in [0.5, 0.6) is 0 Å². The predicted molar refractivity (Wildman–Crippen MR) is 135 cm³/mol. The lowest BCUT2D eigenvalue weighted by molar-refractivity contribution is -0.919. The molecule has 0 aliphatic carbocycles. The minimum absolute atomic E-state index is 0. The summed E-state index contributed by atoms with van der Waals surface area (Å²) >= 11 is 0. The highest BCUT2D eigenvalue weighted by Crippen LogP contribution is 2.21. The number of quaternary nitrogens is 1. The van der Waals surface area contributed by atoms with Crippen LogP contribution in [-0.2, 0) is 0 Å². The number of rotatable bonds is 2. The van der Waals surface area contributed by atoms with Crippen molar-refractivity contribution >= 4 is 21.5 Å². The highest BCUT2D eigenvalue weighted by Gasteiger charge is 2.27. The van der Waals surface area contributed by atoms with Gasteiger partial charge in [0.25, 0.3) is 0 Å². The second-order valence-corrected chi connectivity index (χ2v) is 8.82. The molecule has 4 aromatic carbocycles. The number of halogens is 1. The lowest BCUT2D eigenvalue weighted by Crippen LogP contribution is -3.00. The van der Waals surface area contributed by atoms with E-state index in [1.807, 2.05) is 0 Å². The average molecular weight is 450 g/mol. The van der Waals surface area contributed by atoms with Gasteiger partial charge in [0.1, 0.15) is 13.1 Å². The van der Waals surface area contributed by atoms with Crippen LogP contribution in [0, 0.1) is 23.7 Å². The summed E-state index contributed by atoms with van der Waals surface area (Å²) in [4.78, 5) is 0. The molecule has 0 amide bonds. The molecule has 0 bridgehead atoms. The van der Waals surface area contributed by atoms with E-state index in [2.05, 4.69) is 109 Å². The number of fused-ring (bicyclic) bond motifs is 2. The Morgan fingerprint density at radius 2 is 1.00 bits per heavy atom. The summed E-state index contributed by atoms with van der Waals surface area (Å²) in [5.74, 6) is 14.0. The molecule has 0 radical (unpaired) electrons. The largest absolute Gasteiger partial charge is 1.00 e. The third-order valence-electron chi connectivity index (χ3n) is 6.62. The van der Waals surface area contributed by atoms with Crippen molar-refractivity contribution in [2.45, 2.75) is 19.3 Å². The zero-order chi connectivity index (χ0) is 21.6. The van der Waals surface area contributed by atoms with Crippen LogP contribution in [0.2, 0.25) is 0 Å². The molecule has 0 spiro atoms. The number of hydrogen-bond acceptors (Lipinski definition) is 0. The van der Waals surface area contributed by atoms with Crippen LogP contribution >= 0.6 is 0 Å². The fourth-order valence-corrected chi connectivity index (χ4v) is 4.83. The van der Waals surface area contributed by atoms with Gasteiger partial charge in [-0.1, -0.05) is 84.6 Å². The summed E-state index contributed by atoms with van der Waals surface area (Å²) in [6.07, 6.45) is 3.87. The van der Waals surface area contributed by atoms with Crippen LogP contribution in [0.1, 0.15) is 30.4 Å². The summed E-state index contributed by atoms with van der Waals surface area (Å²) in [7, 11) is 0. The van der Waals surface area contributed by atoms with Gasteiger partial charge in [-0.3, -0.25) is 0 Å². The summed E-state index contributed by atoms with van der Waals surface area (Å²) in [5, 5.41) is 4.98. The quantitative estimate of drug-likeness (QED) is 0.325. The first-order valence-electron chi connectivity index (χ1n) is 11.6. The molecule has 1 aliphatic heterocycles. The van der Waals surface area contributed by atoms with E-state index >= 15 is 0 Å². The van der Waals surface area contributed by atoms with Crippen molar-refractivity contribution in [2.24, 2.45) is 0 Å². The average Bonchev–Trinajstić information content (AvgIpc) is 2.85. The Balaban J connectivity index is 0.00000259. The fourth-order valence-electron chi connectivity index (χ4n) is 4.83. The Bertz CT molecular complexity index is 1260. The van der Waals surface area contributed by atoms with E-state index in [1.165, 1.54) is 53.9 Å². The van der Waals surface area contributed by atoms with Gasteiger partial charge < -0.3 is 16.9 Å². The minimum Gasteiger partial charge on any atom is -1.00 e. The normalized spacial score (nSPS) is 14.4. The van der Waals surface area contributed by atoms with Crippen LogP contribution < -0.4 is 12.4 Å². The van der Waals surface area contributed by atoms with E-state index in [4.69, 9.17) is 0 Å². The Kier molecular flexibility index (Phi) is 7.36. The van der Waals surface area contributed by atoms with Gasteiger partial charge in [-0.15, -0.1) is 0 Å². The minimum atomic E-state index is 0. The lowest BCUT2D eigenvalue weighted by Gasteiger charge is -2.38. The topological polar surface area (TPSA) is 0 Å². The van der Waals surface area contributed by atoms with E-state index in [0.717, 1.165) is 28.7 Å². The maximum absolute atomic E-state index is 3.54. The summed E-state index contributed by atoms with van der Waals surface area (Å²) < 4.78 is 0.996. The van der Waals surface area contributed by atoms with E-state index < -0.39 is 0 Å². The first-order chi connectivity index (χ1) is 15.8. The van der Waals surface area contributed by atoms with Crippen molar-refractivity contribution in [1.82, 2.24) is 0 Å². The first kappa shape index (κ1) is 22.9. The SMILES string of the molecule is C(#Cc1cccc2ccccc12)C[N+]1(CC#Cc2cccc3ccccc23)CCCCC1.[Cl-]. The van der Waals surface area contributed by atoms with Crippen molar-refractivity contribution in [3.63, 3.8) is 0 Å². The predicted octanol–water partition coefficient (Wildman–Crippen LogP) is 3.40. The van der Waals surface area contributed by atoms with Crippen LogP contribution in [0.4, 0.5) is 0 Å². The molecular formula is C31H28ClN. The maximum Gasteiger partial charge on any atom is 0.142 e. The highest BCUT2D eigenvalue weighted by molar-refractivity contribution is 5.88. The molecule has 1 heterocycles. The van der Waals surface area contributed by atoms with Gasteiger partial charge in [-0.25, -0.2) is 0 Å². The Morgan fingerprint density at radius 1 is 0.545 bits per heavy atom. The van der Waals surface area contributed by atoms with Gasteiger partial charge in [-0.05, 0) is 64.8 Å². The maximum atomic E-state index is 3.54. The van der Waals surface area contributed by atoms with E-state index in [-0.39, 0.29) is 12.4 Å². The molecule has 164 valence electrons. The molecule has 0 aromatic heterocycles. The number of hydrogen-bond donors (Lipinski definition) is 0. The van der Waals surface area contributed by atoms with Crippen molar-refractivity contribution < 1.29 is 16.9 Å². The van der Waals surface area contributed by atoms with Gasteiger partial charge in [0.05, 0.1) is 13.1 Å². The van der Waals surface area contributed by atoms with Crippen LogP contribution in [0.25, 0.3) is 21.5 Å². The molecule has 1 fully saturated rings. The summed E-state index contributed by atoms with van der Waals surface area (Å²) in [5.41, 5.74) is 2.25. The molecule has 4 aromatic rings. The molecule has 33 heavy (non-hydrogen) atoms. The molecule has 1 aliphatic rings. The molecule has 0 N–H and O–H groups in total. The molecule has 5 rings (SSSR count). The second kappa shape index (κ2) is 10.6. The van der Waals surface area contributed by atoms with Crippen molar-refractivity contribution in [2.75, 3.05) is 26.2 Å². The zero-order valence-electron chi connectivity index (χ0n) is 18.9. The zero-order valence-corrected chi connectivity index (χ0v) is 19.6. The molecule has 2 heteroatoms. The first-order valence-corrected chi connectivity index (χ1v) is 11.6. The fraction of sp³-hybridized carbons (Fsp3) is 0.226. The number of benzene rings is 4. The van der Waals surface area contributed by atoms with E-state index in [9.17, 15) is 0 Å². The standard InChI is InChI=1S/C31H28N.ClH/c1-6-22-32(23-7-1,24-10-18-28-16-8-14-26-12-2-4-20-30(26)28)25-11-19-29-17-9-15-27-13-3-5-21-31(27)29;/h2-5,8-9,12-17,20-21H,1,6-7,22-25H2;1H/q+1;/p-1. The Labute approximate surface area is 203 Å². The highest BCUT2D eigenvalue weighted by atomic mass is 35.5. The number of likely N-dealkylation sites (tertiary alicyclic amines) is 1. The Morgan fingerprint density at radius 3 is 1.52 bits per heavy atom. The molecule has 0 saturated carbocycles. The Hall–Kier alpha value is -3.23. The molecule has 1 nitrogen and oxygen atoms in total. The number of nitrogens with zero attached hydrogens (tertiary/aromatic N) is 1. The lowest BCUT2D eigenvalue weighted by atomic mass is 10.0. The van der Waals surface area contributed by atoms with Crippen molar-refractivity contribution in [3.8, 4) is 23.7 Å². The molecular weight excluding hydrogens is 422 g/mol. The van der Waals surface area contributed by atoms with Crippen LogP contribution in [0.15, 0.2) is 84.9 Å². The van der Waals surface area contributed by atoms with Gasteiger partial charge in [0.2, 0.25) is 0 Å². The smallest absolute Gasteiger partial charge is 0.142 e. The van der Waals surface area contributed by atoms with Gasteiger partial charge >= 0.3 is 0 Å². The molecule has 1 saturated heterocycles. The second-order valence-electron chi connectivity index (χ2n) is 8.82. The van der Waals surface area contributed by atoms with Crippen molar-refractivity contribution in [3.05, 3.63) is 96.1 Å². The van der Waals surface area contributed by atoms with Gasteiger partial charge in [0, 0.05) is 11.1 Å². The third kappa shape index (κ3) is 5.23. The van der Waals surface area contributed by atoms with Crippen LogP contribution in [0.3, 0.4) is 0 Å². The molecule has 0 unspecified atom stereocenters. The van der Waals surface area contributed by atoms with Gasteiger partial charge in [-0.2, -0.15) is 0 Å². The molecule has 0 atom stereocenters. The summed E-state index contributed by atoms with van der Waals surface area (Å²) in [6.45, 7) is 4.09. The van der Waals surface area contributed by atoms with E-state index in [1.54, 1.807) is 0 Å². The van der Waals surface area contributed by atoms with Crippen LogP contribution in [-0.4, -0.2) is 30.7 Å².